The van der Waals surface area contributed by atoms with E-state index in [1.165, 1.54) is 0 Å². The highest BCUT2D eigenvalue weighted by Crippen LogP contribution is 2.51. The van der Waals surface area contributed by atoms with Crippen molar-refractivity contribution >= 4 is 23.3 Å². The van der Waals surface area contributed by atoms with Gasteiger partial charge in [0, 0.05) is 41.9 Å². The van der Waals surface area contributed by atoms with Crippen molar-refractivity contribution < 1.29 is 4.79 Å². The number of carbonyl (C=O) groups excluding carboxylic acids is 1. The Hall–Kier alpha value is -2.80. The fourth-order valence-electron chi connectivity index (χ4n) is 3.76. The molecule has 2 aliphatic rings. The van der Waals surface area contributed by atoms with Gasteiger partial charge in [-0.05, 0) is 30.5 Å². The first-order valence-electron chi connectivity index (χ1n) is 8.46. The van der Waals surface area contributed by atoms with Crippen molar-refractivity contribution in [1.29, 1.82) is 0 Å². The van der Waals surface area contributed by atoms with Crippen LogP contribution in [-0.4, -0.2) is 37.3 Å². The summed E-state index contributed by atoms with van der Waals surface area (Å²) in [7, 11) is 0. The highest BCUT2D eigenvalue weighted by molar-refractivity contribution is 6.30. The molecule has 8 heteroatoms. The van der Waals surface area contributed by atoms with Crippen LogP contribution in [0.4, 0.5) is 5.82 Å². The number of carbonyl (C=O) groups is 1. The summed E-state index contributed by atoms with van der Waals surface area (Å²) in [4.78, 5) is 19.1. The van der Waals surface area contributed by atoms with E-state index in [0.717, 1.165) is 23.4 Å². The number of nitrogens with one attached hydrogen (secondary N) is 1. The zero-order valence-electron chi connectivity index (χ0n) is 13.7. The van der Waals surface area contributed by atoms with Crippen molar-refractivity contribution in [2.24, 2.45) is 11.8 Å². The van der Waals surface area contributed by atoms with Crippen molar-refractivity contribution in [1.82, 2.24) is 25.4 Å². The minimum Gasteiger partial charge on any atom is -0.292 e. The zero-order valence-corrected chi connectivity index (χ0v) is 14.5. The minimum atomic E-state index is -0.0450. The van der Waals surface area contributed by atoms with Crippen LogP contribution in [0.15, 0.2) is 42.9 Å². The van der Waals surface area contributed by atoms with Crippen LogP contribution in [0.1, 0.15) is 12.1 Å². The number of halogens is 1. The number of hydrogen-bond donors (Lipinski definition) is 1. The molecule has 3 atom stereocenters. The van der Waals surface area contributed by atoms with E-state index in [4.69, 9.17) is 11.6 Å². The lowest BCUT2D eigenvalue weighted by molar-refractivity contribution is -0.121. The SMILES string of the molecule is O=C1[C@H](Cc2ccc(Cl)cn2)[C@@H]2C[C@@H]2N1c1cc(-c2ccnnc2)[nH]n1. The molecule has 2 fully saturated rings. The predicted octanol–water partition coefficient (Wildman–Crippen LogP) is 2.51. The molecule has 1 N–H and O–H groups in total. The summed E-state index contributed by atoms with van der Waals surface area (Å²) in [6, 6.07) is 7.69. The van der Waals surface area contributed by atoms with Gasteiger partial charge in [0.15, 0.2) is 5.82 Å². The van der Waals surface area contributed by atoms with Crippen LogP contribution >= 0.6 is 11.6 Å². The number of fused-ring (bicyclic) bond motifs is 1. The van der Waals surface area contributed by atoms with Crippen LogP contribution in [0.2, 0.25) is 5.02 Å². The van der Waals surface area contributed by atoms with Gasteiger partial charge in [0.2, 0.25) is 5.91 Å². The van der Waals surface area contributed by atoms with Crippen molar-refractivity contribution in [2.75, 3.05) is 4.90 Å². The molecule has 1 saturated heterocycles. The van der Waals surface area contributed by atoms with Crippen molar-refractivity contribution in [3.63, 3.8) is 0 Å². The molecule has 3 aromatic rings. The fourth-order valence-corrected chi connectivity index (χ4v) is 3.87. The molecule has 26 heavy (non-hydrogen) atoms. The number of aromatic amines is 1. The number of hydrogen-bond acceptors (Lipinski definition) is 5. The normalized spacial score (nSPS) is 24.0. The largest absolute Gasteiger partial charge is 0.292 e. The number of pyridine rings is 1. The van der Waals surface area contributed by atoms with Gasteiger partial charge in [-0.3, -0.25) is 19.8 Å². The van der Waals surface area contributed by atoms with Gasteiger partial charge in [-0.25, -0.2) is 0 Å². The topological polar surface area (TPSA) is 87.7 Å². The second kappa shape index (κ2) is 5.88. The molecule has 0 bridgehead atoms. The summed E-state index contributed by atoms with van der Waals surface area (Å²) in [6.07, 6.45) is 6.57. The second-order valence-corrected chi connectivity index (χ2v) is 7.16. The Morgan fingerprint density at radius 2 is 2.15 bits per heavy atom. The Balaban J connectivity index is 1.37. The Kier molecular flexibility index (Phi) is 3.49. The maximum Gasteiger partial charge on any atom is 0.232 e. The van der Waals surface area contributed by atoms with Gasteiger partial charge in [-0.15, -0.1) is 0 Å². The summed E-state index contributed by atoms with van der Waals surface area (Å²) in [6.45, 7) is 0. The second-order valence-electron chi connectivity index (χ2n) is 6.72. The van der Waals surface area contributed by atoms with E-state index in [1.54, 1.807) is 18.6 Å². The summed E-state index contributed by atoms with van der Waals surface area (Å²) < 4.78 is 0. The molecule has 0 aromatic carbocycles. The van der Waals surface area contributed by atoms with E-state index in [2.05, 4.69) is 25.4 Å². The van der Waals surface area contributed by atoms with Crippen molar-refractivity contribution in [3.05, 3.63) is 53.6 Å². The van der Waals surface area contributed by atoms with E-state index >= 15 is 0 Å². The molecular weight excluding hydrogens is 352 g/mol. The summed E-state index contributed by atoms with van der Waals surface area (Å²) in [5.41, 5.74) is 2.60. The molecular formula is C18H15ClN6O. The molecule has 130 valence electrons. The molecule has 1 saturated carbocycles. The molecule has 1 aliphatic heterocycles. The maximum atomic E-state index is 13.0. The van der Waals surface area contributed by atoms with Gasteiger partial charge in [0.25, 0.3) is 0 Å². The number of rotatable bonds is 4. The Morgan fingerprint density at radius 1 is 1.23 bits per heavy atom. The number of H-pyrrole nitrogens is 1. The van der Waals surface area contributed by atoms with Crippen LogP contribution in [0.5, 0.6) is 0 Å². The van der Waals surface area contributed by atoms with E-state index < -0.39 is 0 Å². The first-order valence-corrected chi connectivity index (χ1v) is 8.84. The third-order valence-electron chi connectivity index (χ3n) is 5.13. The summed E-state index contributed by atoms with van der Waals surface area (Å²) in [5.74, 6) is 1.12. The quantitative estimate of drug-likeness (QED) is 0.766. The molecule has 1 aliphatic carbocycles. The Bertz CT molecular complexity index is 957. The van der Waals surface area contributed by atoms with Crippen LogP contribution in [0.3, 0.4) is 0 Å². The molecule has 1 amide bonds. The minimum absolute atomic E-state index is 0.0450. The summed E-state index contributed by atoms with van der Waals surface area (Å²) >= 11 is 5.89. The molecule has 5 rings (SSSR count). The molecule has 0 radical (unpaired) electrons. The third kappa shape index (κ3) is 2.55. The smallest absolute Gasteiger partial charge is 0.232 e. The molecule has 3 aromatic heterocycles. The highest BCUT2D eigenvalue weighted by Gasteiger charge is 2.59. The van der Waals surface area contributed by atoms with Crippen LogP contribution in [-0.2, 0) is 11.2 Å². The molecule has 0 spiro atoms. The van der Waals surface area contributed by atoms with E-state index in [1.807, 2.05) is 29.2 Å². The first-order chi connectivity index (χ1) is 12.7. The first kappa shape index (κ1) is 15.5. The van der Waals surface area contributed by atoms with Crippen LogP contribution in [0, 0.1) is 11.8 Å². The van der Waals surface area contributed by atoms with Gasteiger partial charge >= 0.3 is 0 Å². The zero-order chi connectivity index (χ0) is 17.7. The van der Waals surface area contributed by atoms with Crippen molar-refractivity contribution in [2.45, 2.75) is 18.9 Å². The predicted molar refractivity (Wildman–Crippen MR) is 95.4 cm³/mol. The lowest BCUT2D eigenvalue weighted by Gasteiger charge is -2.18. The average Bonchev–Trinajstić information content (AvgIpc) is 3.18. The van der Waals surface area contributed by atoms with Gasteiger partial charge in [0.1, 0.15) is 0 Å². The van der Waals surface area contributed by atoms with Gasteiger partial charge in [-0.1, -0.05) is 11.6 Å². The standard InChI is InChI=1S/C18H15ClN6O/c19-11-1-2-12(20-9-11)5-14-13-6-16(13)25(18(14)26)17-7-15(23-24-17)10-3-4-21-22-8-10/h1-4,7-9,13-14,16H,5-6H2,(H,23,24)/t13-,14+,16-/m0/s1. The van der Waals surface area contributed by atoms with Crippen molar-refractivity contribution in [3.8, 4) is 11.3 Å². The monoisotopic (exact) mass is 366 g/mol. The van der Waals surface area contributed by atoms with E-state index in [9.17, 15) is 4.79 Å². The Morgan fingerprint density at radius 3 is 2.92 bits per heavy atom. The number of amides is 1. The van der Waals surface area contributed by atoms with Crippen LogP contribution < -0.4 is 4.90 Å². The number of nitrogens with zero attached hydrogens (tertiary/aromatic N) is 5. The highest BCUT2D eigenvalue weighted by atomic mass is 35.5. The average molecular weight is 367 g/mol. The lowest BCUT2D eigenvalue weighted by atomic mass is 9.98. The Labute approximate surface area is 154 Å². The third-order valence-corrected chi connectivity index (χ3v) is 5.36. The summed E-state index contributed by atoms with van der Waals surface area (Å²) in [5, 5.41) is 15.6. The molecule has 7 nitrogen and oxygen atoms in total. The fraction of sp³-hybridized carbons (Fsp3) is 0.278. The van der Waals surface area contributed by atoms with Gasteiger partial charge < -0.3 is 0 Å². The maximum absolute atomic E-state index is 13.0. The van der Waals surface area contributed by atoms with Crippen LogP contribution in [0.25, 0.3) is 11.3 Å². The number of anilines is 1. The van der Waals surface area contributed by atoms with Gasteiger partial charge in [0.05, 0.1) is 23.1 Å². The van der Waals surface area contributed by atoms with E-state index in [0.29, 0.717) is 23.2 Å². The van der Waals surface area contributed by atoms with Gasteiger partial charge in [-0.2, -0.15) is 15.3 Å². The molecule has 0 unspecified atom stereocenters. The molecule has 4 heterocycles. The lowest BCUT2D eigenvalue weighted by Crippen LogP contribution is -2.32. The van der Waals surface area contributed by atoms with E-state index in [-0.39, 0.29) is 17.9 Å². The number of aromatic nitrogens is 5. The number of piperidine rings is 1.